The van der Waals surface area contributed by atoms with Gasteiger partial charge in [0.05, 0.1) is 18.1 Å². The monoisotopic (exact) mass is 481 g/mol. The zero-order valence-corrected chi connectivity index (χ0v) is 20.0. The number of hydrogen-bond acceptors (Lipinski definition) is 8. The van der Waals surface area contributed by atoms with Gasteiger partial charge in [-0.05, 0) is 36.4 Å². The molecule has 0 saturated carbocycles. The molecule has 4 heterocycles. The van der Waals surface area contributed by atoms with Gasteiger partial charge in [0.15, 0.2) is 5.13 Å². The molecule has 1 fully saturated rings. The van der Waals surface area contributed by atoms with Gasteiger partial charge in [0, 0.05) is 18.8 Å². The van der Waals surface area contributed by atoms with E-state index < -0.39 is 5.69 Å². The van der Waals surface area contributed by atoms with Crippen molar-refractivity contribution in [2.24, 2.45) is 0 Å². The molecule has 0 spiro atoms. The fraction of sp³-hybridized carbons (Fsp3) is 0.304. The van der Waals surface area contributed by atoms with Crippen molar-refractivity contribution in [1.29, 1.82) is 0 Å². The van der Waals surface area contributed by atoms with E-state index in [4.69, 9.17) is 9.72 Å². The van der Waals surface area contributed by atoms with Crippen molar-refractivity contribution >= 4 is 49.7 Å². The molecule has 0 radical (unpaired) electrons. The Hall–Kier alpha value is -3.08. The van der Waals surface area contributed by atoms with Crippen LogP contribution in [0.15, 0.2) is 40.5 Å². The average Bonchev–Trinajstić information content (AvgIpc) is 3.49. The van der Waals surface area contributed by atoms with Gasteiger partial charge in [0.25, 0.3) is 0 Å². The summed E-state index contributed by atoms with van der Waals surface area (Å²) in [7, 11) is 0. The molecule has 3 aromatic heterocycles. The zero-order chi connectivity index (χ0) is 22.9. The minimum Gasteiger partial charge on any atom is -0.378 e. The number of thiazole rings is 1. The smallest absolute Gasteiger partial charge is 0.349 e. The molecular weight excluding hydrogens is 458 g/mol. The molecule has 1 aromatic carbocycles. The standard InChI is InChI=1S/C23H23N5O3S2/c1-14-5-3-6-15(2)18(14)24-17(29)13-28-21-20(19(25-22(28)30)16-7-4-12-32-16)26-23(33-21)27-8-10-31-11-9-27/h3-7,12H,8-11,13H2,1-2H3,(H,24,29). The number of fused-ring (bicyclic) bond motifs is 1. The van der Waals surface area contributed by atoms with Crippen LogP contribution < -0.4 is 15.9 Å². The number of nitrogens with zero attached hydrogens (tertiary/aromatic N) is 4. The van der Waals surface area contributed by atoms with Gasteiger partial charge in [-0.2, -0.15) is 4.98 Å². The first kappa shape index (κ1) is 21.7. The molecule has 8 nitrogen and oxygen atoms in total. The van der Waals surface area contributed by atoms with E-state index in [1.54, 1.807) is 0 Å². The number of benzene rings is 1. The maximum Gasteiger partial charge on any atom is 0.349 e. The van der Waals surface area contributed by atoms with Crippen molar-refractivity contribution in [3.05, 3.63) is 57.3 Å². The van der Waals surface area contributed by atoms with Gasteiger partial charge >= 0.3 is 5.69 Å². The van der Waals surface area contributed by atoms with Gasteiger partial charge in [-0.1, -0.05) is 35.6 Å². The van der Waals surface area contributed by atoms with Crippen LogP contribution in [0.25, 0.3) is 20.9 Å². The lowest BCUT2D eigenvalue weighted by Crippen LogP contribution is -2.36. The van der Waals surface area contributed by atoms with Crippen LogP contribution >= 0.6 is 22.7 Å². The van der Waals surface area contributed by atoms with E-state index in [0.29, 0.717) is 29.3 Å². The van der Waals surface area contributed by atoms with Gasteiger partial charge in [-0.15, -0.1) is 11.3 Å². The van der Waals surface area contributed by atoms with E-state index in [0.717, 1.165) is 39.9 Å². The van der Waals surface area contributed by atoms with Crippen molar-refractivity contribution in [2.75, 3.05) is 36.5 Å². The minimum atomic E-state index is -0.459. The summed E-state index contributed by atoms with van der Waals surface area (Å²) in [6.45, 7) is 6.50. The number of hydrogen-bond donors (Lipinski definition) is 1. The Kier molecular flexibility index (Phi) is 5.96. The third-order valence-electron chi connectivity index (χ3n) is 5.59. The van der Waals surface area contributed by atoms with Crippen LogP contribution in [0.5, 0.6) is 0 Å². The van der Waals surface area contributed by atoms with Crippen LogP contribution in [0.4, 0.5) is 10.8 Å². The second kappa shape index (κ2) is 9.05. The largest absolute Gasteiger partial charge is 0.378 e. The number of carbonyl (C=O) groups is 1. The Morgan fingerprint density at radius 3 is 2.58 bits per heavy atom. The summed E-state index contributed by atoms with van der Waals surface area (Å²) in [5.74, 6) is -0.275. The number of aromatic nitrogens is 3. The first-order valence-corrected chi connectivity index (χ1v) is 12.3. The average molecular weight is 482 g/mol. The van der Waals surface area contributed by atoms with Crippen LogP contribution in [0.1, 0.15) is 11.1 Å². The number of nitrogens with one attached hydrogen (secondary N) is 1. The lowest BCUT2D eigenvalue weighted by atomic mass is 10.1. The molecular formula is C23H23N5O3S2. The summed E-state index contributed by atoms with van der Waals surface area (Å²) in [6, 6.07) is 9.69. The summed E-state index contributed by atoms with van der Waals surface area (Å²) in [6.07, 6.45) is 0. The number of ether oxygens (including phenoxy) is 1. The van der Waals surface area contributed by atoms with Gasteiger partial charge < -0.3 is 15.0 Å². The van der Waals surface area contributed by atoms with Gasteiger partial charge in [-0.3, -0.25) is 9.36 Å². The highest BCUT2D eigenvalue weighted by molar-refractivity contribution is 7.22. The molecule has 1 N–H and O–H groups in total. The Bertz CT molecular complexity index is 1350. The highest BCUT2D eigenvalue weighted by Gasteiger charge is 2.23. The number of morpholine rings is 1. The molecule has 0 unspecified atom stereocenters. The van der Waals surface area contributed by atoms with Crippen LogP contribution in [-0.4, -0.2) is 46.7 Å². The summed E-state index contributed by atoms with van der Waals surface area (Å²) < 4.78 is 6.89. The van der Waals surface area contributed by atoms with E-state index in [9.17, 15) is 9.59 Å². The number of amides is 1. The molecule has 4 aromatic rings. The second-order valence-electron chi connectivity index (χ2n) is 7.87. The van der Waals surface area contributed by atoms with Crippen molar-refractivity contribution < 1.29 is 9.53 Å². The summed E-state index contributed by atoms with van der Waals surface area (Å²) in [5, 5.41) is 5.72. The molecule has 1 aliphatic rings. The maximum absolute atomic E-state index is 13.1. The zero-order valence-electron chi connectivity index (χ0n) is 18.3. The Morgan fingerprint density at radius 2 is 1.88 bits per heavy atom. The van der Waals surface area contributed by atoms with Crippen LogP contribution in [0.2, 0.25) is 0 Å². The minimum absolute atomic E-state index is 0.133. The van der Waals surface area contributed by atoms with Gasteiger partial charge in [0.2, 0.25) is 5.91 Å². The molecule has 0 atom stereocenters. The highest BCUT2D eigenvalue weighted by Crippen LogP contribution is 2.35. The fourth-order valence-corrected chi connectivity index (χ4v) is 5.71. The molecule has 1 aliphatic heterocycles. The van der Waals surface area contributed by atoms with Crippen molar-refractivity contribution in [1.82, 2.24) is 14.5 Å². The van der Waals surface area contributed by atoms with Crippen LogP contribution in [0, 0.1) is 13.8 Å². The molecule has 0 bridgehead atoms. The maximum atomic E-state index is 13.1. The molecule has 0 aliphatic carbocycles. The normalized spacial score (nSPS) is 14.1. The van der Waals surface area contributed by atoms with E-state index in [1.165, 1.54) is 27.2 Å². The van der Waals surface area contributed by atoms with Crippen molar-refractivity contribution in [3.8, 4) is 10.6 Å². The lowest BCUT2D eigenvalue weighted by molar-refractivity contribution is -0.116. The number of thiophene rings is 1. The quantitative estimate of drug-likeness (QED) is 0.468. The Morgan fingerprint density at radius 1 is 1.12 bits per heavy atom. The van der Waals surface area contributed by atoms with Gasteiger partial charge in [-0.25, -0.2) is 9.78 Å². The van der Waals surface area contributed by atoms with E-state index in [-0.39, 0.29) is 12.5 Å². The first-order chi connectivity index (χ1) is 16.0. The molecule has 1 saturated heterocycles. The number of carbonyl (C=O) groups excluding carboxylic acids is 1. The molecule has 170 valence electrons. The van der Waals surface area contributed by atoms with E-state index in [2.05, 4.69) is 15.2 Å². The Labute approximate surface area is 198 Å². The van der Waals surface area contributed by atoms with E-state index >= 15 is 0 Å². The number of anilines is 2. The summed E-state index contributed by atoms with van der Waals surface area (Å²) >= 11 is 2.93. The number of rotatable bonds is 5. The summed E-state index contributed by atoms with van der Waals surface area (Å²) in [5.41, 5.74) is 3.46. The highest BCUT2D eigenvalue weighted by atomic mass is 32.1. The van der Waals surface area contributed by atoms with Crippen LogP contribution in [-0.2, 0) is 16.1 Å². The predicted octanol–water partition coefficient (Wildman–Crippen LogP) is 3.67. The van der Waals surface area contributed by atoms with Gasteiger partial charge in [0.1, 0.15) is 22.6 Å². The second-order valence-corrected chi connectivity index (χ2v) is 9.77. The third-order valence-corrected chi connectivity index (χ3v) is 7.60. The summed E-state index contributed by atoms with van der Waals surface area (Å²) in [4.78, 5) is 38.9. The first-order valence-electron chi connectivity index (χ1n) is 10.7. The molecule has 5 rings (SSSR count). The molecule has 33 heavy (non-hydrogen) atoms. The van der Waals surface area contributed by atoms with Crippen LogP contribution in [0.3, 0.4) is 0 Å². The fourth-order valence-electron chi connectivity index (χ4n) is 3.88. The molecule has 10 heteroatoms. The lowest BCUT2D eigenvalue weighted by Gasteiger charge is -2.25. The Balaban J connectivity index is 1.56. The number of para-hydroxylation sites is 1. The third kappa shape index (κ3) is 4.29. The molecule has 1 amide bonds. The van der Waals surface area contributed by atoms with E-state index in [1.807, 2.05) is 49.6 Å². The van der Waals surface area contributed by atoms with Crippen molar-refractivity contribution in [2.45, 2.75) is 20.4 Å². The number of aryl methyl sites for hydroxylation is 2. The van der Waals surface area contributed by atoms with Crippen molar-refractivity contribution in [3.63, 3.8) is 0 Å². The predicted molar refractivity (Wildman–Crippen MR) is 133 cm³/mol. The SMILES string of the molecule is Cc1cccc(C)c1NC(=O)Cn1c(=O)nc(-c2cccs2)c2nc(N3CCOCC3)sc21. The topological polar surface area (TPSA) is 89.3 Å².